The van der Waals surface area contributed by atoms with Gasteiger partial charge in [0.2, 0.25) is 0 Å². The second kappa shape index (κ2) is 6.05. The number of nitrogens with one attached hydrogen (secondary N) is 2. The highest BCUT2D eigenvalue weighted by Crippen LogP contribution is 2.02. The van der Waals surface area contributed by atoms with Gasteiger partial charge in [-0.2, -0.15) is 16.9 Å². The lowest BCUT2D eigenvalue weighted by Gasteiger charge is -2.09. The minimum Gasteiger partial charge on any atom is -0.311 e. The van der Waals surface area contributed by atoms with E-state index in [-0.39, 0.29) is 0 Å². The number of rotatable bonds is 6. The summed E-state index contributed by atoms with van der Waals surface area (Å²) in [5.74, 6) is 1.95. The number of hydrogen-bond acceptors (Lipinski definition) is 3. The van der Waals surface area contributed by atoms with Crippen LogP contribution in [0.2, 0.25) is 0 Å². The Balaban J connectivity index is 2.07. The second-order valence-electron chi connectivity index (χ2n) is 3.27. The fourth-order valence-electron chi connectivity index (χ4n) is 1.18. The van der Waals surface area contributed by atoms with Gasteiger partial charge in [-0.1, -0.05) is 6.92 Å². The Morgan fingerprint density at radius 3 is 3.15 bits per heavy atom. The molecule has 0 aliphatic rings. The van der Waals surface area contributed by atoms with Gasteiger partial charge in [-0.15, -0.1) is 0 Å². The lowest BCUT2D eigenvalue weighted by Crippen LogP contribution is -2.22. The fraction of sp³-hybridized carbons (Fsp3) is 0.667. The lowest BCUT2D eigenvalue weighted by molar-refractivity contribution is 0.554. The van der Waals surface area contributed by atoms with Crippen molar-refractivity contribution in [3.63, 3.8) is 0 Å². The molecular weight excluding hydrogens is 182 g/mol. The normalized spacial score (nSPS) is 13.1. The van der Waals surface area contributed by atoms with E-state index >= 15 is 0 Å². The molecule has 0 aliphatic heterocycles. The van der Waals surface area contributed by atoms with Crippen LogP contribution in [-0.2, 0) is 6.54 Å². The molecule has 0 aliphatic carbocycles. The number of H-pyrrole nitrogens is 1. The molecule has 1 heterocycles. The van der Waals surface area contributed by atoms with Gasteiger partial charge < -0.3 is 5.32 Å². The summed E-state index contributed by atoms with van der Waals surface area (Å²) in [6.07, 6.45) is 3.92. The molecule has 1 aromatic rings. The van der Waals surface area contributed by atoms with Crippen LogP contribution in [0.25, 0.3) is 0 Å². The van der Waals surface area contributed by atoms with Crippen molar-refractivity contribution in [2.24, 2.45) is 5.92 Å². The Morgan fingerprint density at radius 2 is 2.54 bits per heavy atom. The molecule has 74 valence electrons. The van der Waals surface area contributed by atoms with Crippen LogP contribution in [0, 0.1) is 5.92 Å². The first-order valence-electron chi connectivity index (χ1n) is 4.51. The SMILES string of the molecule is CSCC(C)CNCc1ccn[nH]1. The van der Waals surface area contributed by atoms with E-state index < -0.39 is 0 Å². The number of aromatic amines is 1. The first kappa shape index (κ1) is 10.6. The largest absolute Gasteiger partial charge is 0.311 e. The molecule has 1 atom stereocenters. The summed E-state index contributed by atoms with van der Waals surface area (Å²) in [4.78, 5) is 0. The van der Waals surface area contributed by atoms with Crippen molar-refractivity contribution in [1.82, 2.24) is 15.5 Å². The Bertz CT molecular complexity index is 211. The van der Waals surface area contributed by atoms with Gasteiger partial charge in [0.05, 0.1) is 0 Å². The van der Waals surface area contributed by atoms with Crippen LogP contribution in [0.1, 0.15) is 12.6 Å². The van der Waals surface area contributed by atoms with E-state index in [2.05, 4.69) is 28.7 Å². The smallest absolute Gasteiger partial charge is 0.0490 e. The minimum absolute atomic E-state index is 0.734. The van der Waals surface area contributed by atoms with E-state index in [1.54, 1.807) is 6.20 Å². The third-order valence-electron chi connectivity index (χ3n) is 1.82. The highest BCUT2D eigenvalue weighted by Gasteiger charge is 2.00. The van der Waals surface area contributed by atoms with Gasteiger partial charge >= 0.3 is 0 Å². The van der Waals surface area contributed by atoms with Crippen LogP contribution in [0.5, 0.6) is 0 Å². The van der Waals surface area contributed by atoms with Crippen molar-refractivity contribution in [3.05, 3.63) is 18.0 Å². The summed E-state index contributed by atoms with van der Waals surface area (Å²) in [6, 6.07) is 1.99. The van der Waals surface area contributed by atoms with Crippen molar-refractivity contribution in [3.8, 4) is 0 Å². The number of nitrogens with zero attached hydrogens (tertiary/aromatic N) is 1. The van der Waals surface area contributed by atoms with Crippen LogP contribution in [0.4, 0.5) is 0 Å². The molecule has 3 nitrogen and oxygen atoms in total. The van der Waals surface area contributed by atoms with E-state index in [9.17, 15) is 0 Å². The predicted octanol–water partition coefficient (Wildman–Crippen LogP) is 1.50. The van der Waals surface area contributed by atoms with Crippen molar-refractivity contribution in [2.45, 2.75) is 13.5 Å². The van der Waals surface area contributed by atoms with Gasteiger partial charge in [0, 0.05) is 18.4 Å². The number of hydrogen-bond donors (Lipinski definition) is 2. The average molecular weight is 199 g/mol. The third-order valence-corrected chi connectivity index (χ3v) is 2.72. The standard InChI is InChI=1S/C9H17N3S/c1-8(7-13-2)5-10-6-9-3-4-11-12-9/h3-4,8,10H,5-7H2,1-2H3,(H,11,12). The van der Waals surface area contributed by atoms with Crippen molar-refractivity contribution >= 4 is 11.8 Å². The monoisotopic (exact) mass is 199 g/mol. The Labute approximate surface area is 83.7 Å². The van der Waals surface area contributed by atoms with Gasteiger partial charge in [0.15, 0.2) is 0 Å². The molecule has 13 heavy (non-hydrogen) atoms. The molecule has 0 aromatic carbocycles. The van der Waals surface area contributed by atoms with Gasteiger partial charge in [-0.05, 0) is 30.5 Å². The molecule has 2 N–H and O–H groups in total. The summed E-state index contributed by atoms with van der Waals surface area (Å²) >= 11 is 1.90. The molecule has 0 radical (unpaired) electrons. The summed E-state index contributed by atoms with van der Waals surface area (Å²) in [5.41, 5.74) is 1.15. The quantitative estimate of drug-likeness (QED) is 0.729. The molecule has 0 spiro atoms. The molecule has 0 bridgehead atoms. The first-order valence-corrected chi connectivity index (χ1v) is 5.90. The van der Waals surface area contributed by atoms with Crippen molar-refractivity contribution in [2.75, 3.05) is 18.6 Å². The van der Waals surface area contributed by atoms with Gasteiger partial charge in [-0.3, -0.25) is 5.10 Å². The molecule has 0 amide bonds. The molecule has 4 heteroatoms. The molecule has 1 aromatic heterocycles. The zero-order valence-electron chi connectivity index (χ0n) is 8.21. The van der Waals surface area contributed by atoms with Gasteiger partial charge in [0.1, 0.15) is 0 Å². The average Bonchev–Trinajstić information content (AvgIpc) is 2.57. The first-order chi connectivity index (χ1) is 6.33. The maximum atomic E-state index is 3.89. The molecule has 0 saturated carbocycles. The molecule has 0 saturated heterocycles. The highest BCUT2D eigenvalue weighted by atomic mass is 32.2. The van der Waals surface area contributed by atoms with Gasteiger partial charge in [0.25, 0.3) is 0 Å². The zero-order valence-corrected chi connectivity index (χ0v) is 9.03. The lowest BCUT2D eigenvalue weighted by atomic mass is 10.2. The number of thioether (sulfide) groups is 1. The summed E-state index contributed by atoms with van der Waals surface area (Å²) in [5, 5.41) is 10.2. The van der Waals surface area contributed by atoms with Gasteiger partial charge in [-0.25, -0.2) is 0 Å². The third kappa shape index (κ3) is 4.33. The van der Waals surface area contributed by atoms with E-state index in [1.807, 2.05) is 17.8 Å². The van der Waals surface area contributed by atoms with E-state index in [1.165, 1.54) is 5.75 Å². The van der Waals surface area contributed by atoms with Crippen molar-refractivity contribution in [1.29, 1.82) is 0 Å². The zero-order chi connectivity index (χ0) is 9.52. The summed E-state index contributed by atoms with van der Waals surface area (Å²) < 4.78 is 0. The highest BCUT2D eigenvalue weighted by molar-refractivity contribution is 7.98. The van der Waals surface area contributed by atoms with E-state index in [0.717, 1.165) is 24.7 Å². The molecule has 1 rings (SSSR count). The van der Waals surface area contributed by atoms with Crippen molar-refractivity contribution < 1.29 is 0 Å². The maximum Gasteiger partial charge on any atom is 0.0490 e. The maximum absolute atomic E-state index is 3.89. The van der Waals surface area contributed by atoms with E-state index in [0.29, 0.717) is 0 Å². The van der Waals surface area contributed by atoms with Crippen LogP contribution in [0.15, 0.2) is 12.3 Å². The Morgan fingerprint density at radius 1 is 1.69 bits per heavy atom. The minimum atomic E-state index is 0.734. The van der Waals surface area contributed by atoms with Crippen LogP contribution in [0.3, 0.4) is 0 Å². The molecular formula is C9H17N3S. The second-order valence-corrected chi connectivity index (χ2v) is 4.18. The van der Waals surface area contributed by atoms with Crippen LogP contribution >= 0.6 is 11.8 Å². The number of aromatic nitrogens is 2. The van der Waals surface area contributed by atoms with Crippen LogP contribution in [-0.4, -0.2) is 28.8 Å². The fourth-order valence-corrected chi connectivity index (χ4v) is 1.87. The van der Waals surface area contributed by atoms with E-state index in [4.69, 9.17) is 0 Å². The Hall–Kier alpha value is -0.480. The topological polar surface area (TPSA) is 40.7 Å². The summed E-state index contributed by atoms with van der Waals surface area (Å²) in [6.45, 7) is 4.22. The predicted molar refractivity (Wildman–Crippen MR) is 57.8 cm³/mol. The van der Waals surface area contributed by atoms with Crippen LogP contribution < -0.4 is 5.32 Å². The Kier molecular flexibility index (Phi) is 4.93. The molecule has 1 unspecified atom stereocenters. The molecule has 0 fully saturated rings. The summed E-state index contributed by atoms with van der Waals surface area (Å²) in [7, 11) is 0.